The Bertz CT molecular complexity index is 675. The number of rotatable bonds is 3. The monoisotopic (exact) mass is 451 g/mol. The van der Waals surface area contributed by atoms with Gasteiger partial charge in [0.25, 0.3) is 0 Å². The minimum Gasteiger partial charge on any atom is -0.444 e. The summed E-state index contributed by atoms with van der Waals surface area (Å²) in [5.74, 6) is 1.01. The largest absolute Gasteiger partial charge is 0.444 e. The van der Waals surface area contributed by atoms with Crippen LogP contribution in [-0.2, 0) is 4.74 Å². The Morgan fingerprint density at radius 2 is 1.75 bits per heavy atom. The molecule has 0 spiro atoms. The Morgan fingerprint density at radius 3 is 2.32 bits per heavy atom. The maximum absolute atomic E-state index is 13.1. The molecule has 5 nitrogen and oxygen atoms in total. The minimum atomic E-state index is -0.457. The van der Waals surface area contributed by atoms with Crippen molar-refractivity contribution in [3.05, 3.63) is 22.3 Å². The number of amides is 1. The van der Waals surface area contributed by atoms with Gasteiger partial charge in [-0.3, -0.25) is 0 Å². The van der Waals surface area contributed by atoms with E-state index in [4.69, 9.17) is 4.74 Å². The average Bonchev–Trinajstić information content (AvgIpc) is 2.62. The van der Waals surface area contributed by atoms with Gasteiger partial charge in [-0.2, -0.15) is 0 Å². The number of hydrogen-bond donors (Lipinski definition) is 0. The highest BCUT2D eigenvalue weighted by Gasteiger charge is 2.36. The molecule has 6 heteroatoms. The van der Waals surface area contributed by atoms with Crippen LogP contribution in [0.4, 0.5) is 10.6 Å². The third kappa shape index (κ3) is 5.40. The number of aryl methyl sites for hydroxylation is 1. The van der Waals surface area contributed by atoms with E-state index < -0.39 is 5.60 Å². The maximum Gasteiger partial charge on any atom is 0.410 e. The molecule has 0 radical (unpaired) electrons. The van der Waals surface area contributed by atoms with Crippen LogP contribution >= 0.6 is 15.9 Å². The fraction of sp³-hybridized carbons (Fsp3) is 0.727. The van der Waals surface area contributed by atoms with Crippen molar-refractivity contribution in [2.75, 3.05) is 18.0 Å². The average molecular weight is 452 g/mol. The summed E-state index contributed by atoms with van der Waals surface area (Å²) in [7, 11) is 0. The third-order valence-electron chi connectivity index (χ3n) is 5.69. The number of ether oxygens (including phenoxy) is 1. The van der Waals surface area contributed by atoms with Gasteiger partial charge < -0.3 is 14.5 Å². The van der Waals surface area contributed by atoms with Crippen LogP contribution in [-0.4, -0.2) is 46.8 Å². The van der Waals surface area contributed by atoms with Crippen molar-refractivity contribution in [3.63, 3.8) is 0 Å². The first-order valence-corrected chi connectivity index (χ1v) is 11.4. The molecule has 28 heavy (non-hydrogen) atoms. The molecule has 1 aliphatic heterocycles. The standard InChI is InChI=1S/C22H34BrN3O2/c1-16-14-19(23)20(24-15-16)25-12-10-18(11-13-25)26(17-8-6-5-7-9-17)21(27)28-22(2,3)4/h14-15,17-18H,5-13H2,1-4H3. The molecule has 1 aromatic heterocycles. The van der Waals surface area contributed by atoms with Crippen LogP contribution < -0.4 is 4.90 Å². The van der Waals surface area contributed by atoms with Gasteiger partial charge in [0.15, 0.2) is 0 Å². The Kier molecular flexibility index (Phi) is 6.89. The fourth-order valence-corrected chi connectivity index (χ4v) is 5.10. The van der Waals surface area contributed by atoms with Gasteiger partial charge in [-0.25, -0.2) is 9.78 Å². The van der Waals surface area contributed by atoms with Crippen LogP contribution in [0.25, 0.3) is 0 Å². The lowest BCUT2D eigenvalue weighted by molar-refractivity contribution is -0.00313. The minimum absolute atomic E-state index is 0.132. The molecule has 1 amide bonds. The number of hydrogen-bond acceptors (Lipinski definition) is 4. The molecule has 2 aliphatic rings. The van der Waals surface area contributed by atoms with Gasteiger partial charge in [-0.1, -0.05) is 19.3 Å². The van der Waals surface area contributed by atoms with Gasteiger partial charge in [0.05, 0.1) is 4.47 Å². The Hall–Kier alpha value is -1.30. The summed E-state index contributed by atoms with van der Waals surface area (Å²) in [4.78, 5) is 22.1. The fourth-order valence-electron chi connectivity index (χ4n) is 4.38. The molecule has 0 aromatic carbocycles. The van der Waals surface area contributed by atoms with E-state index >= 15 is 0 Å². The third-order valence-corrected chi connectivity index (χ3v) is 6.27. The molecule has 1 saturated carbocycles. The van der Waals surface area contributed by atoms with Crippen molar-refractivity contribution in [3.8, 4) is 0 Å². The van der Waals surface area contributed by atoms with Gasteiger partial charge in [0.1, 0.15) is 11.4 Å². The van der Waals surface area contributed by atoms with E-state index in [0.29, 0.717) is 6.04 Å². The lowest BCUT2D eigenvalue weighted by Crippen LogP contribution is -2.53. The molecule has 2 heterocycles. The summed E-state index contributed by atoms with van der Waals surface area (Å²) in [6.45, 7) is 9.72. The van der Waals surface area contributed by atoms with E-state index in [1.54, 1.807) is 0 Å². The van der Waals surface area contributed by atoms with Crippen LogP contribution in [0.3, 0.4) is 0 Å². The molecular formula is C22H34BrN3O2. The number of pyridine rings is 1. The van der Waals surface area contributed by atoms with E-state index in [2.05, 4.69) is 43.7 Å². The summed E-state index contributed by atoms with van der Waals surface area (Å²) in [5, 5.41) is 0. The Morgan fingerprint density at radius 1 is 1.14 bits per heavy atom. The quantitative estimate of drug-likeness (QED) is 0.591. The lowest BCUT2D eigenvalue weighted by Gasteiger charge is -2.44. The predicted molar refractivity (Wildman–Crippen MR) is 117 cm³/mol. The SMILES string of the molecule is Cc1cnc(N2CCC(N(C(=O)OC(C)(C)C)C3CCCCC3)CC2)c(Br)c1. The van der Waals surface area contributed by atoms with Gasteiger partial charge >= 0.3 is 6.09 Å². The summed E-state index contributed by atoms with van der Waals surface area (Å²) >= 11 is 3.66. The highest BCUT2D eigenvalue weighted by molar-refractivity contribution is 9.10. The normalized spacial score (nSPS) is 19.5. The Labute approximate surface area is 178 Å². The molecule has 0 atom stereocenters. The van der Waals surface area contributed by atoms with Crippen LogP contribution in [0.2, 0.25) is 0 Å². The van der Waals surface area contributed by atoms with Gasteiger partial charge in [-0.15, -0.1) is 0 Å². The number of halogens is 1. The first-order chi connectivity index (χ1) is 13.2. The second-order valence-corrected chi connectivity index (χ2v) is 10.1. The van der Waals surface area contributed by atoms with E-state index in [9.17, 15) is 4.79 Å². The van der Waals surface area contributed by atoms with Crippen LogP contribution in [0.15, 0.2) is 16.7 Å². The molecule has 156 valence electrons. The number of nitrogens with zero attached hydrogens (tertiary/aromatic N) is 3. The van der Waals surface area contributed by atoms with Crippen LogP contribution in [0.5, 0.6) is 0 Å². The van der Waals surface area contributed by atoms with Gasteiger partial charge in [-0.05, 0) is 80.9 Å². The number of anilines is 1. The second-order valence-electron chi connectivity index (χ2n) is 9.22. The van der Waals surface area contributed by atoms with Gasteiger partial charge in [0.2, 0.25) is 0 Å². The number of carbonyl (C=O) groups excluding carboxylic acids is 1. The summed E-state index contributed by atoms with van der Waals surface area (Å²) in [5.41, 5.74) is 0.695. The summed E-state index contributed by atoms with van der Waals surface area (Å²) in [6, 6.07) is 2.69. The predicted octanol–water partition coefficient (Wildman–Crippen LogP) is 5.69. The van der Waals surface area contributed by atoms with Crippen molar-refractivity contribution in [1.29, 1.82) is 0 Å². The van der Waals surface area contributed by atoms with Crippen LogP contribution in [0, 0.1) is 6.92 Å². The topological polar surface area (TPSA) is 45.7 Å². The zero-order valence-corrected chi connectivity index (χ0v) is 19.3. The Balaban J connectivity index is 1.70. The first kappa shape index (κ1) is 21.4. The first-order valence-electron chi connectivity index (χ1n) is 10.6. The highest BCUT2D eigenvalue weighted by Crippen LogP contribution is 2.32. The molecule has 1 saturated heterocycles. The zero-order valence-electron chi connectivity index (χ0n) is 17.7. The van der Waals surface area contributed by atoms with E-state index in [0.717, 1.165) is 54.6 Å². The summed E-state index contributed by atoms with van der Waals surface area (Å²) < 4.78 is 6.85. The molecule has 2 fully saturated rings. The molecule has 1 aromatic rings. The van der Waals surface area contributed by atoms with Crippen molar-refractivity contribution >= 4 is 27.8 Å². The van der Waals surface area contributed by atoms with Crippen molar-refractivity contribution in [2.24, 2.45) is 0 Å². The molecular weight excluding hydrogens is 418 g/mol. The van der Waals surface area contributed by atoms with Crippen molar-refractivity contribution < 1.29 is 9.53 Å². The zero-order chi connectivity index (χ0) is 20.3. The summed E-state index contributed by atoms with van der Waals surface area (Å²) in [6.07, 6.45) is 9.61. The second kappa shape index (κ2) is 9.02. The van der Waals surface area contributed by atoms with E-state index in [1.165, 1.54) is 19.3 Å². The van der Waals surface area contributed by atoms with E-state index in [1.807, 2.05) is 27.0 Å². The van der Waals surface area contributed by atoms with Crippen LogP contribution in [0.1, 0.15) is 71.3 Å². The smallest absolute Gasteiger partial charge is 0.410 e. The maximum atomic E-state index is 13.1. The molecule has 0 bridgehead atoms. The highest BCUT2D eigenvalue weighted by atomic mass is 79.9. The lowest BCUT2D eigenvalue weighted by atomic mass is 9.91. The van der Waals surface area contributed by atoms with Crippen molar-refractivity contribution in [2.45, 2.75) is 90.3 Å². The number of piperidine rings is 1. The molecule has 3 rings (SSSR count). The molecule has 0 N–H and O–H groups in total. The van der Waals surface area contributed by atoms with E-state index in [-0.39, 0.29) is 12.1 Å². The number of aromatic nitrogens is 1. The van der Waals surface area contributed by atoms with Crippen molar-refractivity contribution in [1.82, 2.24) is 9.88 Å². The number of carbonyl (C=O) groups is 1. The molecule has 0 unspecified atom stereocenters. The molecule has 1 aliphatic carbocycles. The van der Waals surface area contributed by atoms with Gasteiger partial charge in [0, 0.05) is 31.4 Å².